The van der Waals surface area contributed by atoms with E-state index in [2.05, 4.69) is 20.5 Å². The zero-order valence-electron chi connectivity index (χ0n) is 15.0. The number of amides is 1. The number of thiazole rings is 1. The van der Waals surface area contributed by atoms with E-state index < -0.39 is 26.4 Å². The van der Waals surface area contributed by atoms with Crippen molar-refractivity contribution in [3.8, 4) is 10.8 Å². The number of hydrogen-bond donors (Lipinski definition) is 1. The van der Waals surface area contributed by atoms with Crippen LogP contribution in [0.25, 0.3) is 10.8 Å². The number of carbonyl (C=O) groups is 1. The summed E-state index contributed by atoms with van der Waals surface area (Å²) in [4.78, 5) is 16.6. The minimum absolute atomic E-state index is 0.0422. The fourth-order valence-corrected chi connectivity index (χ4v) is 4.37. The third kappa shape index (κ3) is 4.97. The fraction of sp³-hybridized carbons (Fsp3) is 0.250. The number of carbonyl (C=O) groups excluding carboxylic acids is 1. The van der Waals surface area contributed by atoms with Crippen LogP contribution in [0.2, 0.25) is 0 Å². The van der Waals surface area contributed by atoms with E-state index in [0.29, 0.717) is 5.89 Å². The molecule has 3 aromatic rings. The van der Waals surface area contributed by atoms with Crippen LogP contribution in [0, 0.1) is 13.8 Å². The van der Waals surface area contributed by atoms with Gasteiger partial charge in [-0.05, 0) is 38.1 Å². The van der Waals surface area contributed by atoms with E-state index in [9.17, 15) is 22.0 Å². The molecule has 0 unspecified atom stereocenters. The zero-order valence-corrected chi connectivity index (χ0v) is 17.5. The molecule has 2 heterocycles. The average molecular weight is 461 g/mol. The molecule has 1 N–H and O–H groups in total. The van der Waals surface area contributed by atoms with Crippen LogP contribution in [-0.4, -0.2) is 41.0 Å². The Balaban J connectivity index is 1.57. The highest BCUT2D eigenvalue weighted by Gasteiger charge is 2.26. The number of nitrogens with zero attached hydrogens (tertiary/aromatic N) is 3. The number of rotatable bonds is 7. The van der Waals surface area contributed by atoms with E-state index in [4.69, 9.17) is 4.42 Å². The van der Waals surface area contributed by atoms with Gasteiger partial charge in [0, 0.05) is 5.69 Å². The highest BCUT2D eigenvalue weighted by Crippen LogP contribution is 2.30. The number of thioether (sulfide) groups is 1. The molecule has 0 bridgehead atoms. The lowest BCUT2D eigenvalue weighted by Gasteiger charge is -2.06. The molecule has 0 saturated carbocycles. The minimum Gasteiger partial charge on any atom is -0.410 e. The molecular weight excluding hydrogens is 446 g/mol. The van der Waals surface area contributed by atoms with Gasteiger partial charge >= 0.3 is 5.76 Å². The van der Waals surface area contributed by atoms with Gasteiger partial charge < -0.3 is 9.73 Å². The molecule has 0 fully saturated rings. The minimum atomic E-state index is -4.67. The molecular formula is C16H14F2N4O4S3. The van der Waals surface area contributed by atoms with Crippen molar-refractivity contribution in [2.24, 2.45) is 0 Å². The molecule has 0 spiro atoms. The SMILES string of the molecule is Cc1nc(C)c(-c2nnc(SCC(=O)Nc3ccc(S(=O)(=O)C(F)F)cc3)o2)s1. The first-order valence-electron chi connectivity index (χ1n) is 7.99. The molecule has 0 aliphatic carbocycles. The highest BCUT2D eigenvalue weighted by molar-refractivity contribution is 7.99. The van der Waals surface area contributed by atoms with Gasteiger partial charge in [0.2, 0.25) is 15.7 Å². The van der Waals surface area contributed by atoms with Gasteiger partial charge in [-0.3, -0.25) is 4.79 Å². The van der Waals surface area contributed by atoms with Gasteiger partial charge in [0.25, 0.3) is 11.1 Å². The topological polar surface area (TPSA) is 115 Å². The summed E-state index contributed by atoms with van der Waals surface area (Å²) >= 11 is 2.45. The maximum absolute atomic E-state index is 12.5. The number of sulfone groups is 1. The Morgan fingerprint density at radius 2 is 1.93 bits per heavy atom. The standard InChI is InChI=1S/C16H14F2N4O4S3/c1-8-13(28-9(2)19-8)14-21-22-16(26-14)27-7-12(23)20-10-3-5-11(6-4-10)29(24,25)15(17)18/h3-6,15H,7H2,1-2H3,(H,20,23). The summed E-state index contributed by atoms with van der Waals surface area (Å²) in [6.45, 7) is 3.70. The number of nitrogens with one attached hydrogen (secondary N) is 1. The van der Waals surface area contributed by atoms with Gasteiger partial charge in [0.15, 0.2) is 0 Å². The lowest BCUT2D eigenvalue weighted by Crippen LogP contribution is -2.15. The lowest BCUT2D eigenvalue weighted by atomic mass is 10.3. The van der Waals surface area contributed by atoms with Crippen LogP contribution in [0.1, 0.15) is 10.7 Å². The fourth-order valence-electron chi connectivity index (χ4n) is 2.24. The molecule has 154 valence electrons. The van der Waals surface area contributed by atoms with E-state index in [1.807, 2.05) is 13.8 Å². The van der Waals surface area contributed by atoms with Crippen molar-refractivity contribution in [3.05, 3.63) is 35.0 Å². The summed E-state index contributed by atoms with van der Waals surface area (Å²) in [6.07, 6.45) is 0. The molecule has 3 rings (SSSR count). The first-order chi connectivity index (χ1) is 13.7. The molecule has 0 aliphatic rings. The Morgan fingerprint density at radius 1 is 1.24 bits per heavy atom. The van der Waals surface area contributed by atoms with Crippen LogP contribution < -0.4 is 5.32 Å². The Morgan fingerprint density at radius 3 is 2.52 bits per heavy atom. The van der Waals surface area contributed by atoms with Crippen LogP contribution >= 0.6 is 23.1 Å². The first kappa shape index (κ1) is 21.3. The van der Waals surface area contributed by atoms with Gasteiger partial charge in [-0.1, -0.05) is 11.8 Å². The number of benzene rings is 1. The van der Waals surface area contributed by atoms with E-state index in [-0.39, 0.29) is 16.7 Å². The smallest absolute Gasteiger partial charge is 0.341 e. The normalized spacial score (nSPS) is 11.8. The van der Waals surface area contributed by atoms with Gasteiger partial charge in [-0.15, -0.1) is 21.5 Å². The van der Waals surface area contributed by atoms with Gasteiger partial charge in [0.05, 0.1) is 21.3 Å². The second-order valence-electron chi connectivity index (χ2n) is 5.69. The van der Waals surface area contributed by atoms with Crippen molar-refractivity contribution in [1.29, 1.82) is 0 Å². The largest absolute Gasteiger partial charge is 0.410 e. The predicted octanol–water partition coefficient (Wildman–Crippen LogP) is 3.54. The third-order valence-corrected chi connectivity index (χ3v) is 6.81. The number of aromatic nitrogens is 3. The summed E-state index contributed by atoms with van der Waals surface area (Å²) in [5, 5.41) is 11.4. The van der Waals surface area contributed by atoms with E-state index >= 15 is 0 Å². The van der Waals surface area contributed by atoms with Crippen molar-refractivity contribution in [2.45, 2.75) is 29.7 Å². The molecule has 0 aliphatic heterocycles. The number of aryl methyl sites for hydroxylation is 2. The molecule has 1 amide bonds. The Labute approximate surface area is 172 Å². The number of hydrogen-bond acceptors (Lipinski definition) is 9. The van der Waals surface area contributed by atoms with Gasteiger partial charge in [-0.2, -0.15) is 8.78 Å². The predicted molar refractivity (Wildman–Crippen MR) is 104 cm³/mol. The summed E-state index contributed by atoms with van der Waals surface area (Å²) in [5.74, 6) is -3.63. The van der Waals surface area contributed by atoms with Crippen LogP contribution in [0.3, 0.4) is 0 Å². The van der Waals surface area contributed by atoms with Crippen molar-refractivity contribution in [1.82, 2.24) is 15.2 Å². The molecule has 0 saturated heterocycles. The summed E-state index contributed by atoms with van der Waals surface area (Å²) in [7, 11) is -4.67. The van der Waals surface area contributed by atoms with Crippen LogP contribution in [-0.2, 0) is 14.6 Å². The first-order valence-corrected chi connectivity index (χ1v) is 11.3. The van der Waals surface area contributed by atoms with Crippen molar-refractivity contribution in [3.63, 3.8) is 0 Å². The van der Waals surface area contributed by atoms with Crippen molar-refractivity contribution < 1.29 is 26.4 Å². The van der Waals surface area contributed by atoms with E-state index in [1.54, 1.807) is 0 Å². The van der Waals surface area contributed by atoms with Gasteiger partial charge in [-0.25, -0.2) is 13.4 Å². The van der Waals surface area contributed by atoms with E-state index in [0.717, 1.165) is 39.5 Å². The summed E-state index contributed by atoms with van der Waals surface area (Å²) in [6, 6.07) is 4.48. The van der Waals surface area contributed by atoms with Crippen LogP contribution in [0.15, 0.2) is 38.8 Å². The maximum Gasteiger partial charge on any atom is 0.341 e. The molecule has 0 atom stereocenters. The number of alkyl halides is 2. The molecule has 0 radical (unpaired) electrons. The van der Waals surface area contributed by atoms with Crippen LogP contribution in [0.4, 0.5) is 14.5 Å². The molecule has 1 aromatic carbocycles. The second kappa shape index (κ2) is 8.55. The molecule has 2 aromatic heterocycles. The number of halogens is 2. The molecule has 29 heavy (non-hydrogen) atoms. The number of anilines is 1. The molecule has 8 nitrogen and oxygen atoms in total. The molecule has 13 heteroatoms. The summed E-state index contributed by atoms with van der Waals surface area (Å²) < 4.78 is 53.3. The highest BCUT2D eigenvalue weighted by atomic mass is 32.2. The van der Waals surface area contributed by atoms with Gasteiger partial charge in [0.1, 0.15) is 4.88 Å². The Bertz CT molecular complexity index is 1130. The maximum atomic E-state index is 12.5. The second-order valence-corrected chi connectivity index (χ2v) is 9.73. The van der Waals surface area contributed by atoms with Crippen molar-refractivity contribution >= 4 is 44.5 Å². The average Bonchev–Trinajstić information content (AvgIpc) is 3.26. The monoisotopic (exact) mass is 460 g/mol. The van der Waals surface area contributed by atoms with Crippen molar-refractivity contribution in [2.75, 3.05) is 11.1 Å². The van der Waals surface area contributed by atoms with E-state index in [1.165, 1.54) is 23.5 Å². The quantitative estimate of drug-likeness (QED) is 0.533. The zero-order chi connectivity index (χ0) is 21.2. The third-order valence-electron chi connectivity index (χ3n) is 3.53. The lowest BCUT2D eigenvalue weighted by molar-refractivity contribution is -0.113. The van der Waals surface area contributed by atoms with Crippen LogP contribution in [0.5, 0.6) is 0 Å². The summed E-state index contributed by atoms with van der Waals surface area (Å²) in [5.41, 5.74) is 1.05. The Kier molecular flexibility index (Phi) is 6.29. The Hall–Kier alpha value is -2.38.